The molecule has 0 spiro atoms. The summed E-state index contributed by atoms with van der Waals surface area (Å²) in [6.45, 7) is 0. The fourth-order valence-electron chi connectivity index (χ4n) is 3.24. The van der Waals surface area contributed by atoms with E-state index in [-0.39, 0.29) is 16.7 Å². The van der Waals surface area contributed by atoms with Crippen molar-refractivity contribution >= 4 is 21.6 Å². The van der Waals surface area contributed by atoms with Crippen LogP contribution < -0.4 is 5.32 Å². The van der Waals surface area contributed by atoms with Crippen molar-refractivity contribution < 1.29 is 13.2 Å². The molecule has 0 saturated carbocycles. The van der Waals surface area contributed by atoms with Gasteiger partial charge in [0, 0.05) is 14.1 Å². The molecule has 25 heavy (non-hydrogen) atoms. The molecule has 132 valence electrons. The number of anilines is 1. The molecule has 1 aliphatic carbocycles. The Morgan fingerprint density at radius 3 is 2.52 bits per heavy atom. The summed E-state index contributed by atoms with van der Waals surface area (Å²) in [6.07, 6.45) is 2.70. The van der Waals surface area contributed by atoms with Gasteiger partial charge in [-0.1, -0.05) is 36.4 Å². The van der Waals surface area contributed by atoms with Crippen LogP contribution in [-0.4, -0.2) is 32.7 Å². The maximum absolute atomic E-state index is 12.9. The van der Waals surface area contributed by atoms with Gasteiger partial charge in [-0.05, 0) is 42.5 Å². The van der Waals surface area contributed by atoms with Gasteiger partial charge in [-0.3, -0.25) is 4.79 Å². The van der Waals surface area contributed by atoms with E-state index < -0.39 is 10.0 Å². The second-order valence-electron chi connectivity index (χ2n) is 6.42. The average Bonchev–Trinajstić information content (AvgIpc) is 2.61. The summed E-state index contributed by atoms with van der Waals surface area (Å²) in [6, 6.07) is 14.5. The van der Waals surface area contributed by atoms with Crippen LogP contribution >= 0.6 is 0 Å². The number of para-hydroxylation sites is 1. The fraction of sp³-hybridized carbons (Fsp3) is 0.316. The minimum absolute atomic E-state index is 0.109. The third-order valence-electron chi connectivity index (χ3n) is 4.59. The molecule has 0 aromatic heterocycles. The summed E-state index contributed by atoms with van der Waals surface area (Å²) in [4.78, 5) is 13.0. The number of hydrogen-bond donors (Lipinski definition) is 1. The molecule has 1 N–H and O–H groups in total. The van der Waals surface area contributed by atoms with Gasteiger partial charge in [-0.25, -0.2) is 12.7 Å². The Morgan fingerprint density at radius 2 is 1.76 bits per heavy atom. The van der Waals surface area contributed by atoms with Crippen molar-refractivity contribution in [2.24, 2.45) is 0 Å². The van der Waals surface area contributed by atoms with Crippen molar-refractivity contribution in [3.05, 3.63) is 59.7 Å². The normalized spacial score (nSPS) is 17.2. The minimum Gasteiger partial charge on any atom is -0.324 e. The molecule has 1 aliphatic rings. The second-order valence-corrected chi connectivity index (χ2v) is 8.54. The highest BCUT2D eigenvalue weighted by atomic mass is 32.2. The Bertz CT molecular complexity index is 891. The summed E-state index contributed by atoms with van der Waals surface area (Å²) in [5.74, 6) is -0.409. The number of carbonyl (C=O) groups excluding carboxylic acids is 1. The van der Waals surface area contributed by atoms with Crippen LogP contribution in [0.1, 0.15) is 29.9 Å². The van der Waals surface area contributed by atoms with Gasteiger partial charge in [-0.15, -0.1) is 0 Å². The van der Waals surface area contributed by atoms with E-state index in [1.165, 1.54) is 25.7 Å². The molecule has 0 bridgehead atoms. The van der Waals surface area contributed by atoms with Crippen LogP contribution in [-0.2, 0) is 21.2 Å². The van der Waals surface area contributed by atoms with Crippen molar-refractivity contribution in [1.29, 1.82) is 0 Å². The first-order chi connectivity index (χ1) is 11.9. The van der Waals surface area contributed by atoms with Crippen molar-refractivity contribution in [2.45, 2.75) is 30.1 Å². The van der Waals surface area contributed by atoms with E-state index in [0.717, 1.165) is 29.1 Å². The van der Waals surface area contributed by atoms with E-state index in [1.807, 2.05) is 18.2 Å². The predicted molar refractivity (Wildman–Crippen MR) is 98.1 cm³/mol. The number of fused-ring (bicyclic) bond motifs is 1. The maximum atomic E-state index is 12.9. The van der Waals surface area contributed by atoms with Crippen LogP contribution in [0.4, 0.5) is 5.69 Å². The van der Waals surface area contributed by atoms with E-state index >= 15 is 0 Å². The van der Waals surface area contributed by atoms with Crippen LogP contribution in [0, 0.1) is 0 Å². The van der Waals surface area contributed by atoms with Gasteiger partial charge in [0.2, 0.25) is 15.9 Å². The molecule has 1 amide bonds. The summed E-state index contributed by atoms with van der Waals surface area (Å²) in [5.41, 5.74) is 2.56. The monoisotopic (exact) mass is 358 g/mol. The van der Waals surface area contributed by atoms with Gasteiger partial charge in [0.25, 0.3) is 0 Å². The third-order valence-corrected chi connectivity index (χ3v) is 6.46. The van der Waals surface area contributed by atoms with E-state index in [0.29, 0.717) is 5.69 Å². The standard InChI is InChI=1S/C19H22N2O3S/c1-21(2)25(23,24)18-13-6-5-12-17(18)20-19(22)16-11-7-9-14-8-3-4-10-15(14)16/h3-6,8,10,12-13,16H,7,9,11H2,1-2H3,(H,20,22)/t16-/m0/s1. The van der Waals surface area contributed by atoms with E-state index in [4.69, 9.17) is 0 Å². The highest BCUT2D eigenvalue weighted by molar-refractivity contribution is 7.89. The molecule has 0 unspecified atom stereocenters. The zero-order valence-electron chi connectivity index (χ0n) is 14.4. The molecule has 3 rings (SSSR count). The Balaban J connectivity index is 1.91. The molecule has 2 aromatic rings. The molecular formula is C19H22N2O3S. The van der Waals surface area contributed by atoms with Gasteiger partial charge >= 0.3 is 0 Å². The zero-order valence-corrected chi connectivity index (χ0v) is 15.2. The topological polar surface area (TPSA) is 66.5 Å². The highest BCUT2D eigenvalue weighted by Gasteiger charge is 2.28. The molecule has 6 heteroatoms. The SMILES string of the molecule is CN(C)S(=O)(=O)c1ccccc1NC(=O)[C@H]1CCCc2ccccc21. The second kappa shape index (κ2) is 6.98. The number of amides is 1. The number of carbonyl (C=O) groups is 1. The number of sulfonamides is 1. The number of benzene rings is 2. The van der Waals surface area contributed by atoms with Crippen molar-refractivity contribution in [3.63, 3.8) is 0 Å². The van der Waals surface area contributed by atoms with E-state index in [1.54, 1.807) is 18.2 Å². The van der Waals surface area contributed by atoms with E-state index in [9.17, 15) is 13.2 Å². The Labute approximate surface area is 148 Å². The molecule has 0 aliphatic heterocycles. The van der Waals surface area contributed by atoms with Crippen LogP contribution in [0.3, 0.4) is 0 Å². The lowest BCUT2D eigenvalue weighted by molar-refractivity contribution is -0.117. The molecular weight excluding hydrogens is 336 g/mol. The van der Waals surface area contributed by atoms with Gasteiger partial charge in [-0.2, -0.15) is 0 Å². The number of hydrogen-bond acceptors (Lipinski definition) is 3. The quantitative estimate of drug-likeness (QED) is 0.914. The number of nitrogens with one attached hydrogen (secondary N) is 1. The number of rotatable bonds is 4. The molecule has 0 fully saturated rings. The van der Waals surface area contributed by atoms with Crippen molar-refractivity contribution in [2.75, 3.05) is 19.4 Å². The molecule has 0 radical (unpaired) electrons. The number of aryl methyl sites for hydroxylation is 1. The smallest absolute Gasteiger partial charge is 0.244 e. The van der Waals surface area contributed by atoms with Gasteiger partial charge in [0.15, 0.2) is 0 Å². The molecule has 0 saturated heterocycles. The minimum atomic E-state index is -3.63. The maximum Gasteiger partial charge on any atom is 0.244 e. The lowest BCUT2D eigenvalue weighted by Crippen LogP contribution is -2.27. The van der Waals surface area contributed by atoms with Crippen LogP contribution in [0.15, 0.2) is 53.4 Å². The van der Waals surface area contributed by atoms with Crippen LogP contribution in [0.25, 0.3) is 0 Å². The van der Waals surface area contributed by atoms with Gasteiger partial charge in [0.1, 0.15) is 4.90 Å². The molecule has 1 atom stereocenters. The Hall–Kier alpha value is -2.18. The summed E-state index contributed by atoms with van der Waals surface area (Å²) >= 11 is 0. The largest absolute Gasteiger partial charge is 0.324 e. The predicted octanol–water partition coefficient (Wildman–Crippen LogP) is 3.00. The van der Waals surface area contributed by atoms with Gasteiger partial charge in [0.05, 0.1) is 11.6 Å². The molecule has 5 nitrogen and oxygen atoms in total. The summed E-state index contributed by atoms with van der Waals surface area (Å²) in [5, 5.41) is 2.84. The first kappa shape index (κ1) is 17.6. The zero-order chi connectivity index (χ0) is 18.0. The first-order valence-corrected chi connectivity index (χ1v) is 9.75. The van der Waals surface area contributed by atoms with Gasteiger partial charge < -0.3 is 5.32 Å². The summed E-state index contributed by atoms with van der Waals surface area (Å²) in [7, 11) is -0.671. The third kappa shape index (κ3) is 3.45. The average molecular weight is 358 g/mol. The lowest BCUT2D eigenvalue weighted by Gasteiger charge is -2.25. The molecule has 0 heterocycles. The summed E-state index contributed by atoms with van der Waals surface area (Å²) < 4.78 is 26.1. The van der Waals surface area contributed by atoms with Crippen LogP contribution in [0.2, 0.25) is 0 Å². The van der Waals surface area contributed by atoms with Crippen molar-refractivity contribution in [1.82, 2.24) is 4.31 Å². The van der Waals surface area contributed by atoms with Crippen molar-refractivity contribution in [3.8, 4) is 0 Å². The Morgan fingerprint density at radius 1 is 1.08 bits per heavy atom. The highest BCUT2D eigenvalue weighted by Crippen LogP contribution is 2.33. The Kier molecular flexibility index (Phi) is 4.92. The van der Waals surface area contributed by atoms with Crippen LogP contribution in [0.5, 0.6) is 0 Å². The van der Waals surface area contributed by atoms with E-state index in [2.05, 4.69) is 11.4 Å². The lowest BCUT2D eigenvalue weighted by atomic mass is 9.82. The number of nitrogens with zero attached hydrogens (tertiary/aromatic N) is 1. The fourth-order valence-corrected chi connectivity index (χ4v) is 4.28. The molecule has 2 aromatic carbocycles. The first-order valence-electron chi connectivity index (χ1n) is 8.31.